The third kappa shape index (κ3) is 6.98. The van der Waals surface area contributed by atoms with Gasteiger partial charge in [0, 0.05) is 19.7 Å². The molecule has 1 unspecified atom stereocenters. The molecule has 1 heterocycles. The topological polar surface area (TPSA) is 72.2 Å². The molecule has 6 nitrogen and oxygen atoms in total. The summed E-state index contributed by atoms with van der Waals surface area (Å²) in [7, 11) is 0. The van der Waals surface area contributed by atoms with Crippen LogP contribution in [0.25, 0.3) is 0 Å². The lowest BCUT2D eigenvalue weighted by Crippen LogP contribution is -2.31. The zero-order valence-corrected chi connectivity index (χ0v) is 12.9. The lowest BCUT2D eigenvalue weighted by atomic mass is 10.1. The molecule has 6 heteroatoms. The van der Waals surface area contributed by atoms with Crippen molar-refractivity contribution < 1.29 is 9.84 Å². The standard InChI is InChI=1S/C14H28N4O2/c1-4-18-11-16-17-14(18)9-15-8-13(19)10-20-7-5-6-12(2)3/h11-13,15,19H,4-10H2,1-3H3. The Balaban J connectivity index is 2.04. The molecular weight excluding hydrogens is 256 g/mol. The van der Waals surface area contributed by atoms with Gasteiger partial charge in [0.2, 0.25) is 0 Å². The van der Waals surface area contributed by atoms with E-state index in [0.29, 0.717) is 25.6 Å². The maximum absolute atomic E-state index is 9.78. The Kier molecular flexibility index (Phi) is 8.41. The number of aryl methyl sites for hydroxylation is 1. The van der Waals surface area contributed by atoms with Crippen LogP contribution in [0.4, 0.5) is 0 Å². The van der Waals surface area contributed by atoms with E-state index >= 15 is 0 Å². The largest absolute Gasteiger partial charge is 0.389 e. The van der Waals surface area contributed by atoms with Gasteiger partial charge >= 0.3 is 0 Å². The second-order valence-corrected chi connectivity index (χ2v) is 5.43. The van der Waals surface area contributed by atoms with E-state index in [1.165, 1.54) is 6.42 Å². The van der Waals surface area contributed by atoms with Crippen LogP contribution in [-0.4, -0.2) is 45.7 Å². The highest BCUT2D eigenvalue weighted by molar-refractivity contribution is 4.84. The summed E-state index contributed by atoms with van der Waals surface area (Å²) >= 11 is 0. The monoisotopic (exact) mass is 284 g/mol. The Morgan fingerprint density at radius 2 is 2.25 bits per heavy atom. The van der Waals surface area contributed by atoms with E-state index in [4.69, 9.17) is 4.74 Å². The molecule has 0 saturated heterocycles. The highest BCUT2D eigenvalue weighted by Gasteiger charge is 2.06. The highest BCUT2D eigenvalue weighted by atomic mass is 16.5. The van der Waals surface area contributed by atoms with Crippen molar-refractivity contribution in [2.24, 2.45) is 5.92 Å². The minimum Gasteiger partial charge on any atom is -0.389 e. The van der Waals surface area contributed by atoms with Gasteiger partial charge in [-0.15, -0.1) is 10.2 Å². The fourth-order valence-electron chi connectivity index (χ4n) is 1.90. The number of hydrogen-bond acceptors (Lipinski definition) is 5. The molecule has 0 aliphatic heterocycles. The van der Waals surface area contributed by atoms with Crippen molar-refractivity contribution >= 4 is 0 Å². The van der Waals surface area contributed by atoms with Gasteiger partial charge < -0.3 is 19.7 Å². The molecule has 20 heavy (non-hydrogen) atoms. The Hall–Kier alpha value is -0.980. The number of hydrogen-bond donors (Lipinski definition) is 2. The van der Waals surface area contributed by atoms with Crippen molar-refractivity contribution in [1.82, 2.24) is 20.1 Å². The van der Waals surface area contributed by atoms with Gasteiger partial charge in [-0.05, 0) is 25.7 Å². The van der Waals surface area contributed by atoms with Crippen LogP contribution in [0.2, 0.25) is 0 Å². The first-order valence-corrected chi connectivity index (χ1v) is 7.46. The number of aliphatic hydroxyl groups excluding tert-OH is 1. The minimum atomic E-state index is -0.480. The van der Waals surface area contributed by atoms with Gasteiger partial charge in [-0.1, -0.05) is 13.8 Å². The van der Waals surface area contributed by atoms with Gasteiger partial charge in [0.1, 0.15) is 12.2 Å². The summed E-state index contributed by atoms with van der Waals surface area (Å²) < 4.78 is 7.43. The van der Waals surface area contributed by atoms with Gasteiger partial charge in [0.15, 0.2) is 0 Å². The van der Waals surface area contributed by atoms with Gasteiger partial charge in [0.05, 0.1) is 19.3 Å². The van der Waals surface area contributed by atoms with Gasteiger partial charge in [-0.25, -0.2) is 0 Å². The lowest BCUT2D eigenvalue weighted by molar-refractivity contribution is 0.0345. The van der Waals surface area contributed by atoms with Crippen LogP contribution < -0.4 is 5.32 Å². The molecular formula is C14H28N4O2. The van der Waals surface area contributed by atoms with Crippen molar-refractivity contribution in [2.45, 2.75) is 52.8 Å². The second-order valence-electron chi connectivity index (χ2n) is 5.43. The van der Waals surface area contributed by atoms with E-state index in [1.807, 2.05) is 11.5 Å². The van der Waals surface area contributed by atoms with E-state index in [-0.39, 0.29) is 0 Å². The van der Waals surface area contributed by atoms with Crippen molar-refractivity contribution in [3.63, 3.8) is 0 Å². The van der Waals surface area contributed by atoms with Gasteiger partial charge in [0.25, 0.3) is 0 Å². The van der Waals surface area contributed by atoms with Crippen LogP contribution in [0.15, 0.2) is 6.33 Å². The zero-order valence-electron chi connectivity index (χ0n) is 12.9. The van der Waals surface area contributed by atoms with Crippen molar-refractivity contribution in [1.29, 1.82) is 0 Å². The normalized spacial score (nSPS) is 13.1. The van der Waals surface area contributed by atoms with E-state index < -0.39 is 6.10 Å². The molecule has 0 saturated carbocycles. The summed E-state index contributed by atoms with van der Waals surface area (Å²) in [6, 6.07) is 0. The summed E-state index contributed by atoms with van der Waals surface area (Å²) in [5.41, 5.74) is 0. The molecule has 1 aromatic rings. The zero-order chi connectivity index (χ0) is 14.8. The number of rotatable bonds is 11. The molecule has 0 spiro atoms. The van der Waals surface area contributed by atoms with E-state index in [1.54, 1.807) is 6.33 Å². The van der Waals surface area contributed by atoms with E-state index in [2.05, 4.69) is 29.4 Å². The molecule has 0 aromatic carbocycles. The minimum absolute atomic E-state index is 0.381. The quantitative estimate of drug-likeness (QED) is 0.597. The predicted octanol–water partition coefficient (Wildman–Crippen LogP) is 1.20. The maximum Gasteiger partial charge on any atom is 0.146 e. The molecule has 0 aliphatic rings. The molecule has 116 valence electrons. The Morgan fingerprint density at radius 3 is 2.95 bits per heavy atom. The third-order valence-electron chi connectivity index (χ3n) is 3.08. The molecule has 0 bridgehead atoms. The predicted molar refractivity (Wildman–Crippen MR) is 78.3 cm³/mol. The molecule has 1 rings (SSSR count). The molecule has 0 amide bonds. The van der Waals surface area contributed by atoms with Crippen LogP contribution in [0, 0.1) is 5.92 Å². The molecule has 2 N–H and O–H groups in total. The fraction of sp³-hybridized carbons (Fsp3) is 0.857. The average molecular weight is 284 g/mol. The summed E-state index contributed by atoms with van der Waals surface area (Å²) in [5, 5.41) is 20.8. The van der Waals surface area contributed by atoms with Crippen LogP contribution in [0.5, 0.6) is 0 Å². The van der Waals surface area contributed by atoms with Crippen LogP contribution in [-0.2, 0) is 17.8 Å². The lowest BCUT2D eigenvalue weighted by Gasteiger charge is -2.12. The third-order valence-corrected chi connectivity index (χ3v) is 3.08. The summed E-state index contributed by atoms with van der Waals surface area (Å²) in [6.45, 7) is 9.52. The fourth-order valence-corrected chi connectivity index (χ4v) is 1.90. The average Bonchev–Trinajstić information content (AvgIpc) is 2.85. The number of aromatic nitrogens is 3. The Labute approximate surface area is 121 Å². The smallest absolute Gasteiger partial charge is 0.146 e. The van der Waals surface area contributed by atoms with Crippen molar-refractivity contribution in [2.75, 3.05) is 19.8 Å². The summed E-state index contributed by atoms with van der Waals surface area (Å²) in [5.74, 6) is 1.60. The number of nitrogens with zero attached hydrogens (tertiary/aromatic N) is 3. The SMILES string of the molecule is CCn1cnnc1CNCC(O)COCCCC(C)C. The van der Waals surface area contributed by atoms with Crippen LogP contribution in [0.3, 0.4) is 0 Å². The maximum atomic E-state index is 9.78. The molecule has 0 radical (unpaired) electrons. The first-order chi connectivity index (χ1) is 9.63. The van der Waals surface area contributed by atoms with Gasteiger partial charge in [-0.3, -0.25) is 0 Å². The van der Waals surface area contributed by atoms with Crippen molar-refractivity contribution in [3.05, 3.63) is 12.2 Å². The Morgan fingerprint density at radius 1 is 1.45 bits per heavy atom. The highest BCUT2D eigenvalue weighted by Crippen LogP contribution is 2.03. The summed E-state index contributed by atoms with van der Waals surface area (Å²) in [4.78, 5) is 0. The number of ether oxygens (including phenoxy) is 1. The van der Waals surface area contributed by atoms with Crippen LogP contribution in [0.1, 0.15) is 39.4 Å². The van der Waals surface area contributed by atoms with E-state index in [9.17, 15) is 5.11 Å². The second kappa shape index (κ2) is 9.85. The number of nitrogens with one attached hydrogen (secondary N) is 1. The van der Waals surface area contributed by atoms with E-state index in [0.717, 1.165) is 25.4 Å². The molecule has 1 aromatic heterocycles. The summed E-state index contributed by atoms with van der Waals surface area (Å²) in [6.07, 6.45) is 3.45. The molecule has 1 atom stereocenters. The molecule has 0 fully saturated rings. The first-order valence-electron chi connectivity index (χ1n) is 7.46. The molecule has 0 aliphatic carbocycles. The van der Waals surface area contributed by atoms with Gasteiger partial charge in [-0.2, -0.15) is 0 Å². The van der Waals surface area contributed by atoms with Crippen LogP contribution >= 0.6 is 0 Å². The first kappa shape index (κ1) is 17.1. The Bertz CT molecular complexity index is 355. The number of aliphatic hydroxyl groups is 1. The van der Waals surface area contributed by atoms with Crippen molar-refractivity contribution in [3.8, 4) is 0 Å².